The summed E-state index contributed by atoms with van der Waals surface area (Å²) in [7, 11) is 0. The second-order valence-corrected chi connectivity index (χ2v) is 5.86. The molecule has 0 saturated heterocycles. The Labute approximate surface area is 150 Å². The van der Waals surface area contributed by atoms with Crippen LogP contribution in [0.25, 0.3) is 0 Å². The molecule has 5 nitrogen and oxygen atoms in total. The topological polar surface area (TPSA) is 67.4 Å². The minimum atomic E-state index is -2.87. The Kier molecular flexibility index (Phi) is 6.66. The van der Waals surface area contributed by atoms with Crippen LogP contribution < -0.4 is 15.4 Å². The third kappa shape index (κ3) is 6.16. The zero-order valence-corrected chi connectivity index (χ0v) is 14.5. The molecule has 0 bridgehead atoms. The second kappa shape index (κ2) is 8.94. The molecule has 7 heteroatoms. The summed E-state index contributed by atoms with van der Waals surface area (Å²) in [6.45, 7) is 0.981. The number of hydrogen-bond acceptors (Lipinski definition) is 3. The summed E-state index contributed by atoms with van der Waals surface area (Å²) in [6, 6.07) is 11.4. The maximum atomic E-state index is 12.1. The molecule has 0 fully saturated rings. The molecule has 0 unspecified atom stereocenters. The molecule has 0 radical (unpaired) electrons. The first kappa shape index (κ1) is 19.4. The SMILES string of the molecule is Cc1cc(C)cc(C(=O)NCC(=O)NCc2ccc(OC(F)F)cc2)c1. The number of hydrogen-bond donors (Lipinski definition) is 2. The van der Waals surface area contributed by atoms with Crippen LogP contribution in [-0.2, 0) is 11.3 Å². The van der Waals surface area contributed by atoms with Crippen molar-refractivity contribution in [2.24, 2.45) is 0 Å². The van der Waals surface area contributed by atoms with Gasteiger partial charge in [0.25, 0.3) is 5.91 Å². The lowest BCUT2D eigenvalue weighted by Crippen LogP contribution is -2.36. The van der Waals surface area contributed by atoms with Crippen molar-refractivity contribution in [2.75, 3.05) is 6.54 Å². The molecule has 2 rings (SSSR count). The van der Waals surface area contributed by atoms with Gasteiger partial charge in [0.2, 0.25) is 5.91 Å². The predicted molar refractivity (Wildman–Crippen MR) is 93.2 cm³/mol. The maximum Gasteiger partial charge on any atom is 0.387 e. The third-order valence-electron chi connectivity index (χ3n) is 3.53. The van der Waals surface area contributed by atoms with Gasteiger partial charge in [-0.15, -0.1) is 0 Å². The normalized spacial score (nSPS) is 10.5. The zero-order valence-electron chi connectivity index (χ0n) is 14.5. The summed E-state index contributed by atoms with van der Waals surface area (Å²) in [5.41, 5.74) is 3.17. The van der Waals surface area contributed by atoms with Crippen molar-refractivity contribution in [3.05, 3.63) is 64.7 Å². The smallest absolute Gasteiger partial charge is 0.387 e. The van der Waals surface area contributed by atoms with Crippen LogP contribution >= 0.6 is 0 Å². The van der Waals surface area contributed by atoms with Crippen molar-refractivity contribution in [3.63, 3.8) is 0 Å². The minimum absolute atomic E-state index is 0.0517. The Morgan fingerprint density at radius 1 is 1.00 bits per heavy atom. The van der Waals surface area contributed by atoms with E-state index in [0.29, 0.717) is 5.56 Å². The molecule has 26 heavy (non-hydrogen) atoms. The van der Waals surface area contributed by atoms with E-state index in [1.165, 1.54) is 12.1 Å². The van der Waals surface area contributed by atoms with Crippen LogP contribution in [0.15, 0.2) is 42.5 Å². The van der Waals surface area contributed by atoms with E-state index in [1.54, 1.807) is 24.3 Å². The van der Waals surface area contributed by atoms with Gasteiger partial charge < -0.3 is 15.4 Å². The standard InChI is InChI=1S/C19H20F2N2O3/c1-12-7-13(2)9-15(8-12)18(25)23-11-17(24)22-10-14-3-5-16(6-4-14)26-19(20)21/h3-9,19H,10-11H2,1-2H3,(H,22,24)(H,23,25). The van der Waals surface area contributed by atoms with E-state index in [0.717, 1.165) is 16.7 Å². The number of carbonyl (C=O) groups is 2. The molecule has 0 aromatic heterocycles. The molecular weight excluding hydrogens is 342 g/mol. The number of amides is 2. The fourth-order valence-corrected chi connectivity index (χ4v) is 2.42. The number of ether oxygens (including phenoxy) is 1. The average molecular weight is 362 g/mol. The molecule has 2 aromatic rings. The highest BCUT2D eigenvalue weighted by Gasteiger charge is 2.09. The Morgan fingerprint density at radius 3 is 2.19 bits per heavy atom. The monoisotopic (exact) mass is 362 g/mol. The van der Waals surface area contributed by atoms with E-state index >= 15 is 0 Å². The number of halogens is 2. The molecule has 0 atom stereocenters. The Balaban J connectivity index is 1.79. The van der Waals surface area contributed by atoms with Crippen molar-refractivity contribution >= 4 is 11.8 Å². The first-order chi connectivity index (χ1) is 12.3. The molecule has 138 valence electrons. The number of carbonyl (C=O) groups excluding carboxylic acids is 2. The summed E-state index contributed by atoms with van der Waals surface area (Å²) >= 11 is 0. The summed E-state index contributed by atoms with van der Waals surface area (Å²) in [6.07, 6.45) is 0. The highest BCUT2D eigenvalue weighted by molar-refractivity contribution is 5.96. The van der Waals surface area contributed by atoms with Gasteiger partial charge in [-0.1, -0.05) is 29.3 Å². The third-order valence-corrected chi connectivity index (χ3v) is 3.53. The number of alkyl halides is 2. The first-order valence-electron chi connectivity index (χ1n) is 8.00. The molecular formula is C19H20F2N2O3. The van der Waals surface area contributed by atoms with Gasteiger partial charge in [-0.2, -0.15) is 8.78 Å². The summed E-state index contributed by atoms with van der Waals surface area (Å²) < 4.78 is 28.4. The van der Waals surface area contributed by atoms with Crippen molar-refractivity contribution < 1.29 is 23.1 Å². The molecule has 0 spiro atoms. The largest absolute Gasteiger partial charge is 0.435 e. The van der Waals surface area contributed by atoms with E-state index in [9.17, 15) is 18.4 Å². The van der Waals surface area contributed by atoms with Gasteiger partial charge in [0.15, 0.2) is 0 Å². The molecule has 0 aliphatic carbocycles. The van der Waals surface area contributed by atoms with Crippen LogP contribution in [0.4, 0.5) is 8.78 Å². The van der Waals surface area contributed by atoms with E-state index < -0.39 is 6.61 Å². The van der Waals surface area contributed by atoms with Crippen molar-refractivity contribution in [1.82, 2.24) is 10.6 Å². The van der Waals surface area contributed by atoms with Gasteiger partial charge in [-0.25, -0.2) is 0 Å². The number of benzene rings is 2. The van der Waals surface area contributed by atoms with E-state index in [-0.39, 0.29) is 30.7 Å². The number of aryl methyl sites for hydroxylation is 2. The summed E-state index contributed by atoms with van der Waals surface area (Å²) in [5.74, 6) is -0.619. The maximum absolute atomic E-state index is 12.1. The Bertz CT molecular complexity index is 757. The zero-order chi connectivity index (χ0) is 19.1. The van der Waals surface area contributed by atoms with Crippen LogP contribution in [-0.4, -0.2) is 25.0 Å². The molecule has 2 amide bonds. The Morgan fingerprint density at radius 2 is 1.62 bits per heavy atom. The lowest BCUT2D eigenvalue weighted by Gasteiger charge is -2.09. The summed E-state index contributed by atoms with van der Waals surface area (Å²) in [5, 5.41) is 5.21. The van der Waals surface area contributed by atoms with Crippen molar-refractivity contribution in [2.45, 2.75) is 27.0 Å². The van der Waals surface area contributed by atoms with Gasteiger partial charge in [-0.05, 0) is 43.7 Å². The lowest BCUT2D eigenvalue weighted by molar-refractivity contribution is -0.120. The first-order valence-corrected chi connectivity index (χ1v) is 8.00. The number of nitrogens with one attached hydrogen (secondary N) is 2. The average Bonchev–Trinajstić information content (AvgIpc) is 2.57. The van der Waals surface area contributed by atoms with Crippen LogP contribution in [0, 0.1) is 13.8 Å². The fourth-order valence-electron chi connectivity index (χ4n) is 2.42. The second-order valence-electron chi connectivity index (χ2n) is 5.86. The van der Waals surface area contributed by atoms with Gasteiger partial charge in [0.05, 0.1) is 6.54 Å². The Hall–Kier alpha value is -2.96. The molecule has 2 aromatic carbocycles. The molecule has 2 N–H and O–H groups in total. The van der Waals surface area contributed by atoms with Gasteiger partial charge in [-0.3, -0.25) is 9.59 Å². The van der Waals surface area contributed by atoms with Gasteiger partial charge >= 0.3 is 6.61 Å². The molecule has 0 heterocycles. The van der Waals surface area contributed by atoms with Crippen LogP contribution in [0.1, 0.15) is 27.0 Å². The van der Waals surface area contributed by atoms with E-state index in [2.05, 4.69) is 15.4 Å². The molecule has 0 aliphatic rings. The highest BCUT2D eigenvalue weighted by Crippen LogP contribution is 2.14. The number of rotatable bonds is 7. The molecule has 0 aliphatic heterocycles. The predicted octanol–water partition coefficient (Wildman–Crippen LogP) is 2.95. The lowest BCUT2D eigenvalue weighted by atomic mass is 10.1. The van der Waals surface area contributed by atoms with Crippen LogP contribution in [0.3, 0.4) is 0 Å². The van der Waals surface area contributed by atoms with E-state index in [4.69, 9.17) is 0 Å². The van der Waals surface area contributed by atoms with Gasteiger partial charge in [0.1, 0.15) is 5.75 Å². The van der Waals surface area contributed by atoms with Crippen molar-refractivity contribution in [3.8, 4) is 5.75 Å². The van der Waals surface area contributed by atoms with Crippen LogP contribution in [0.2, 0.25) is 0 Å². The van der Waals surface area contributed by atoms with Gasteiger partial charge in [0, 0.05) is 12.1 Å². The van der Waals surface area contributed by atoms with Crippen LogP contribution in [0.5, 0.6) is 5.75 Å². The molecule has 0 saturated carbocycles. The highest BCUT2D eigenvalue weighted by atomic mass is 19.3. The van der Waals surface area contributed by atoms with Crippen molar-refractivity contribution in [1.29, 1.82) is 0 Å². The quantitative estimate of drug-likeness (QED) is 0.796. The minimum Gasteiger partial charge on any atom is -0.435 e. The summed E-state index contributed by atoms with van der Waals surface area (Å²) in [4.78, 5) is 23.9. The fraction of sp³-hybridized carbons (Fsp3) is 0.263. The van der Waals surface area contributed by atoms with E-state index in [1.807, 2.05) is 19.9 Å².